The second kappa shape index (κ2) is 12.1. The lowest BCUT2D eigenvalue weighted by molar-refractivity contribution is -0.143. The van der Waals surface area contributed by atoms with E-state index in [1.807, 2.05) is 91.0 Å². The van der Waals surface area contributed by atoms with Gasteiger partial charge in [-0.2, -0.15) is 0 Å². The number of rotatable bonds is 10. The SMILES string of the molecule is O=C(NCc1ccncc1)[C@@H](c1ccccc1)N(Cc1ccccc1)C(=O)COc1ccccc1. The number of aromatic nitrogens is 1. The Morgan fingerprint density at radius 2 is 1.37 bits per heavy atom. The van der Waals surface area contributed by atoms with Crippen LogP contribution in [-0.4, -0.2) is 28.3 Å². The van der Waals surface area contributed by atoms with E-state index in [2.05, 4.69) is 10.3 Å². The Morgan fingerprint density at radius 1 is 0.771 bits per heavy atom. The molecule has 0 radical (unpaired) electrons. The van der Waals surface area contributed by atoms with Crippen LogP contribution in [0.1, 0.15) is 22.7 Å². The Morgan fingerprint density at radius 3 is 2.03 bits per heavy atom. The number of ether oxygens (including phenoxy) is 1. The monoisotopic (exact) mass is 465 g/mol. The molecule has 0 saturated heterocycles. The fourth-order valence-corrected chi connectivity index (χ4v) is 3.74. The summed E-state index contributed by atoms with van der Waals surface area (Å²) in [5, 5.41) is 2.99. The summed E-state index contributed by atoms with van der Waals surface area (Å²) in [5.41, 5.74) is 2.57. The van der Waals surface area contributed by atoms with Crippen molar-refractivity contribution in [2.45, 2.75) is 19.1 Å². The molecule has 4 aromatic rings. The lowest BCUT2D eigenvalue weighted by Gasteiger charge is -2.31. The van der Waals surface area contributed by atoms with Crippen LogP contribution >= 0.6 is 0 Å². The van der Waals surface area contributed by atoms with Gasteiger partial charge >= 0.3 is 0 Å². The summed E-state index contributed by atoms with van der Waals surface area (Å²) in [4.78, 5) is 32.7. The Balaban J connectivity index is 1.61. The standard InChI is InChI=1S/C29H27N3O3/c33-27(22-35-26-14-8-3-9-15-26)32(21-24-10-4-1-5-11-24)28(25-12-6-2-7-13-25)29(34)31-20-23-16-18-30-19-17-23/h1-19,28H,20-22H2,(H,31,34)/t28-/m1/s1. The van der Waals surface area contributed by atoms with Crippen LogP contribution in [0.4, 0.5) is 0 Å². The fraction of sp³-hybridized carbons (Fsp3) is 0.138. The number of carbonyl (C=O) groups excluding carboxylic acids is 2. The van der Waals surface area contributed by atoms with Gasteiger partial charge in [0.15, 0.2) is 6.61 Å². The van der Waals surface area contributed by atoms with E-state index in [1.165, 1.54) is 0 Å². The third kappa shape index (κ3) is 6.77. The summed E-state index contributed by atoms with van der Waals surface area (Å²) >= 11 is 0. The van der Waals surface area contributed by atoms with E-state index in [9.17, 15) is 9.59 Å². The molecule has 0 spiro atoms. The predicted octanol–water partition coefficient (Wildman–Crippen LogP) is 4.55. The number of nitrogens with one attached hydrogen (secondary N) is 1. The van der Waals surface area contributed by atoms with Crippen molar-refractivity contribution in [2.24, 2.45) is 0 Å². The maximum atomic E-state index is 13.6. The first-order valence-corrected chi connectivity index (χ1v) is 11.4. The fourth-order valence-electron chi connectivity index (χ4n) is 3.74. The zero-order valence-electron chi connectivity index (χ0n) is 19.3. The molecule has 0 aliphatic heterocycles. The van der Waals surface area contributed by atoms with E-state index in [0.29, 0.717) is 12.3 Å². The molecular formula is C29H27N3O3. The molecule has 2 amide bonds. The number of carbonyl (C=O) groups is 2. The van der Waals surface area contributed by atoms with Gasteiger partial charge in [0.2, 0.25) is 5.91 Å². The van der Waals surface area contributed by atoms with Crippen molar-refractivity contribution in [3.8, 4) is 5.75 Å². The molecule has 0 aliphatic rings. The first-order chi connectivity index (χ1) is 17.2. The number of para-hydroxylation sites is 1. The quantitative estimate of drug-likeness (QED) is 0.373. The van der Waals surface area contributed by atoms with Gasteiger partial charge in [-0.25, -0.2) is 0 Å². The Bertz CT molecular complexity index is 1200. The van der Waals surface area contributed by atoms with Crippen LogP contribution < -0.4 is 10.1 Å². The van der Waals surface area contributed by atoms with Gasteiger partial charge in [0.05, 0.1) is 0 Å². The molecule has 0 bridgehead atoms. The normalized spacial score (nSPS) is 11.3. The number of pyridine rings is 1. The summed E-state index contributed by atoms with van der Waals surface area (Å²) in [6, 6.07) is 31.0. The Labute approximate surface area is 205 Å². The third-order valence-electron chi connectivity index (χ3n) is 5.51. The minimum Gasteiger partial charge on any atom is -0.484 e. The largest absolute Gasteiger partial charge is 0.484 e. The average molecular weight is 466 g/mol. The lowest BCUT2D eigenvalue weighted by Crippen LogP contribution is -2.45. The number of hydrogen-bond donors (Lipinski definition) is 1. The maximum absolute atomic E-state index is 13.6. The minimum atomic E-state index is -0.829. The molecule has 3 aromatic carbocycles. The van der Waals surface area contributed by atoms with Gasteiger partial charge in [0, 0.05) is 25.5 Å². The second-order valence-electron chi connectivity index (χ2n) is 8.00. The zero-order valence-corrected chi connectivity index (χ0v) is 19.3. The molecule has 1 atom stereocenters. The van der Waals surface area contributed by atoms with Gasteiger partial charge in [0.25, 0.3) is 5.91 Å². The van der Waals surface area contributed by atoms with Crippen molar-refractivity contribution < 1.29 is 14.3 Å². The van der Waals surface area contributed by atoms with Gasteiger partial charge < -0.3 is 15.0 Å². The first kappa shape index (κ1) is 23.7. The molecule has 1 heterocycles. The molecule has 0 saturated carbocycles. The van der Waals surface area contributed by atoms with Gasteiger partial charge in [-0.15, -0.1) is 0 Å². The molecule has 35 heavy (non-hydrogen) atoms. The number of amides is 2. The van der Waals surface area contributed by atoms with Crippen LogP contribution in [0.15, 0.2) is 116 Å². The minimum absolute atomic E-state index is 0.183. The molecule has 176 valence electrons. The smallest absolute Gasteiger partial charge is 0.261 e. The summed E-state index contributed by atoms with van der Waals surface area (Å²) in [6.45, 7) is 0.413. The summed E-state index contributed by atoms with van der Waals surface area (Å²) in [6.07, 6.45) is 3.37. The van der Waals surface area contributed by atoms with Gasteiger partial charge in [0.1, 0.15) is 11.8 Å². The molecule has 0 unspecified atom stereocenters. The molecule has 6 heteroatoms. The summed E-state index contributed by atoms with van der Waals surface area (Å²) in [5.74, 6) is 0.0431. The first-order valence-electron chi connectivity index (χ1n) is 11.4. The van der Waals surface area contributed by atoms with Crippen molar-refractivity contribution in [2.75, 3.05) is 6.61 Å². The predicted molar refractivity (Wildman–Crippen MR) is 134 cm³/mol. The highest BCUT2D eigenvalue weighted by Gasteiger charge is 2.31. The summed E-state index contributed by atoms with van der Waals surface area (Å²) in [7, 11) is 0. The van der Waals surface area contributed by atoms with Crippen LogP contribution in [0.3, 0.4) is 0 Å². The van der Waals surface area contributed by atoms with E-state index >= 15 is 0 Å². The number of nitrogens with zero attached hydrogens (tertiary/aromatic N) is 2. The van der Waals surface area contributed by atoms with Crippen LogP contribution in [0.5, 0.6) is 5.75 Å². The summed E-state index contributed by atoms with van der Waals surface area (Å²) < 4.78 is 5.75. The van der Waals surface area contributed by atoms with Gasteiger partial charge in [-0.05, 0) is 41.0 Å². The van der Waals surface area contributed by atoms with Crippen molar-refractivity contribution in [1.82, 2.24) is 15.2 Å². The van der Waals surface area contributed by atoms with Crippen molar-refractivity contribution in [3.05, 3.63) is 132 Å². The lowest BCUT2D eigenvalue weighted by atomic mass is 10.0. The third-order valence-corrected chi connectivity index (χ3v) is 5.51. The zero-order chi connectivity index (χ0) is 24.3. The average Bonchev–Trinajstić information content (AvgIpc) is 2.92. The van der Waals surface area contributed by atoms with Crippen LogP contribution in [0.2, 0.25) is 0 Å². The second-order valence-corrected chi connectivity index (χ2v) is 8.00. The van der Waals surface area contributed by atoms with E-state index in [-0.39, 0.29) is 25.0 Å². The van der Waals surface area contributed by atoms with E-state index < -0.39 is 6.04 Å². The molecular weight excluding hydrogens is 438 g/mol. The molecule has 4 rings (SSSR count). The van der Waals surface area contributed by atoms with Crippen molar-refractivity contribution in [3.63, 3.8) is 0 Å². The van der Waals surface area contributed by atoms with Gasteiger partial charge in [-0.1, -0.05) is 78.9 Å². The maximum Gasteiger partial charge on any atom is 0.261 e. The number of hydrogen-bond acceptors (Lipinski definition) is 4. The van der Waals surface area contributed by atoms with E-state index in [0.717, 1.165) is 16.7 Å². The van der Waals surface area contributed by atoms with Gasteiger partial charge in [-0.3, -0.25) is 14.6 Å². The molecule has 0 fully saturated rings. The highest BCUT2D eigenvalue weighted by atomic mass is 16.5. The van der Waals surface area contributed by atoms with Crippen LogP contribution in [0, 0.1) is 0 Å². The van der Waals surface area contributed by atoms with Crippen LogP contribution in [-0.2, 0) is 22.7 Å². The number of benzene rings is 3. The molecule has 1 aromatic heterocycles. The topological polar surface area (TPSA) is 71.5 Å². The Hall–Kier alpha value is -4.45. The highest BCUT2D eigenvalue weighted by molar-refractivity contribution is 5.89. The van der Waals surface area contributed by atoms with E-state index in [1.54, 1.807) is 29.4 Å². The van der Waals surface area contributed by atoms with Crippen molar-refractivity contribution in [1.29, 1.82) is 0 Å². The molecule has 0 aliphatic carbocycles. The van der Waals surface area contributed by atoms with E-state index in [4.69, 9.17) is 4.74 Å². The molecule has 6 nitrogen and oxygen atoms in total. The Kier molecular flexibility index (Phi) is 8.22. The van der Waals surface area contributed by atoms with Crippen LogP contribution in [0.25, 0.3) is 0 Å². The highest BCUT2D eigenvalue weighted by Crippen LogP contribution is 2.24. The molecule has 1 N–H and O–H groups in total. The van der Waals surface area contributed by atoms with Crippen molar-refractivity contribution >= 4 is 11.8 Å².